The molecule has 0 amide bonds. The van der Waals surface area contributed by atoms with Gasteiger partial charge < -0.3 is 11.1 Å². The van der Waals surface area contributed by atoms with Gasteiger partial charge in [-0.3, -0.25) is 0 Å². The highest BCUT2D eigenvalue weighted by molar-refractivity contribution is 5.26. The second-order valence-corrected chi connectivity index (χ2v) is 5.45. The van der Waals surface area contributed by atoms with Crippen LogP contribution in [0.1, 0.15) is 51.4 Å². The van der Waals surface area contributed by atoms with Crippen LogP contribution in [0.25, 0.3) is 0 Å². The van der Waals surface area contributed by atoms with Crippen molar-refractivity contribution in [3.8, 4) is 0 Å². The van der Waals surface area contributed by atoms with Crippen molar-refractivity contribution < 1.29 is 0 Å². The first-order valence-electron chi connectivity index (χ1n) is 7.19. The molecule has 2 heteroatoms. The number of hydrogen-bond acceptors (Lipinski definition) is 2. The average molecular weight is 234 g/mol. The van der Waals surface area contributed by atoms with E-state index >= 15 is 0 Å². The molecule has 1 fully saturated rings. The predicted octanol–water partition coefficient (Wildman–Crippen LogP) is 2.90. The van der Waals surface area contributed by atoms with Crippen molar-refractivity contribution in [2.45, 2.75) is 57.4 Å². The molecule has 1 heterocycles. The molecule has 1 aliphatic carbocycles. The Bertz CT molecular complexity index is 281. The molecule has 1 saturated carbocycles. The first kappa shape index (κ1) is 12.8. The molecule has 0 aromatic heterocycles. The van der Waals surface area contributed by atoms with Gasteiger partial charge in [0, 0.05) is 12.6 Å². The number of allylic oxidation sites excluding steroid dienone is 2. The van der Waals surface area contributed by atoms with Gasteiger partial charge in [0.05, 0.1) is 0 Å². The average Bonchev–Trinajstić information content (AvgIpc) is 2.46. The topological polar surface area (TPSA) is 38.0 Å². The van der Waals surface area contributed by atoms with Gasteiger partial charge in [0.15, 0.2) is 0 Å². The van der Waals surface area contributed by atoms with Gasteiger partial charge in [-0.25, -0.2) is 0 Å². The van der Waals surface area contributed by atoms with E-state index in [1.54, 1.807) is 5.57 Å². The Labute approximate surface area is 105 Å². The molecule has 0 spiro atoms. The fourth-order valence-corrected chi connectivity index (χ4v) is 2.69. The summed E-state index contributed by atoms with van der Waals surface area (Å²) < 4.78 is 0. The van der Waals surface area contributed by atoms with Gasteiger partial charge in [-0.05, 0) is 57.1 Å². The Kier molecular flexibility index (Phi) is 5.27. The Morgan fingerprint density at radius 2 is 2.00 bits per heavy atom. The largest absolute Gasteiger partial charge is 0.328 e. The van der Waals surface area contributed by atoms with Gasteiger partial charge in [-0.2, -0.15) is 0 Å². The molecule has 1 aliphatic heterocycles. The van der Waals surface area contributed by atoms with Gasteiger partial charge in [-0.1, -0.05) is 24.1 Å². The van der Waals surface area contributed by atoms with Crippen LogP contribution in [0.5, 0.6) is 0 Å². The molecule has 0 atom stereocenters. The van der Waals surface area contributed by atoms with Gasteiger partial charge in [-0.15, -0.1) is 0 Å². The lowest BCUT2D eigenvalue weighted by Crippen LogP contribution is -2.23. The number of hydrogen-bond donors (Lipinski definition) is 2. The van der Waals surface area contributed by atoms with Crippen LogP contribution in [0.2, 0.25) is 0 Å². The monoisotopic (exact) mass is 234 g/mol. The maximum Gasteiger partial charge on any atom is 0.0202 e. The fraction of sp³-hybridized carbons (Fsp3) is 0.733. The first-order chi connectivity index (χ1) is 8.34. The fourth-order valence-electron chi connectivity index (χ4n) is 2.69. The summed E-state index contributed by atoms with van der Waals surface area (Å²) in [7, 11) is 0. The third kappa shape index (κ3) is 4.64. The summed E-state index contributed by atoms with van der Waals surface area (Å²) in [5.74, 6) is 0. The van der Waals surface area contributed by atoms with Crippen molar-refractivity contribution in [1.82, 2.24) is 5.32 Å². The van der Waals surface area contributed by atoms with E-state index in [1.807, 2.05) is 0 Å². The van der Waals surface area contributed by atoms with E-state index in [-0.39, 0.29) is 0 Å². The van der Waals surface area contributed by atoms with Crippen LogP contribution in [0, 0.1) is 0 Å². The molecule has 0 radical (unpaired) electrons. The Hall–Kier alpha value is -0.600. The van der Waals surface area contributed by atoms with E-state index < -0.39 is 0 Å². The smallest absolute Gasteiger partial charge is 0.0202 e. The molecule has 17 heavy (non-hydrogen) atoms. The highest BCUT2D eigenvalue weighted by Gasteiger charge is 2.12. The predicted molar refractivity (Wildman–Crippen MR) is 73.9 cm³/mol. The summed E-state index contributed by atoms with van der Waals surface area (Å²) in [6, 6.07) is 0.444. The molecule has 2 aliphatic rings. The summed E-state index contributed by atoms with van der Waals surface area (Å²) in [6.45, 7) is 2.22. The maximum atomic E-state index is 5.94. The second-order valence-electron chi connectivity index (χ2n) is 5.45. The van der Waals surface area contributed by atoms with E-state index in [9.17, 15) is 0 Å². The molecular weight excluding hydrogens is 208 g/mol. The standard InChI is InChI=1S/C15H26N2/c16-15-8-6-13(7-9-15)11-14-5-3-1-2-4-10-17-12-14/h5,11,15,17H,1-4,6-10,12,16H2/b13-11?,14-5-. The minimum Gasteiger partial charge on any atom is -0.328 e. The summed E-state index contributed by atoms with van der Waals surface area (Å²) in [6.07, 6.45) is 14.9. The van der Waals surface area contributed by atoms with E-state index in [4.69, 9.17) is 5.73 Å². The van der Waals surface area contributed by atoms with E-state index in [0.29, 0.717) is 6.04 Å². The Balaban J connectivity index is 1.92. The molecule has 0 aromatic carbocycles. The third-order valence-electron chi connectivity index (χ3n) is 3.86. The van der Waals surface area contributed by atoms with Crippen molar-refractivity contribution in [2.75, 3.05) is 13.1 Å². The Morgan fingerprint density at radius 3 is 2.82 bits per heavy atom. The lowest BCUT2D eigenvalue weighted by molar-refractivity contribution is 0.511. The van der Waals surface area contributed by atoms with Crippen molar-refractivity contribution in [2.24, 2.45) is 5.73 Å². The highest BCUT2D eigenvalue weighted by Crippen LogP contribution is 2.23. The third-order valence-corrected chi connectivity index (χ3v) is 3.86. The zero-order valence-electron chi connectivity index (χ0n) is 10.9. The quantitative estimate of drug-likeness (QED) is 0.732. The first-order valence-corrected chi connectivity index (χ1v) is 7.19. The molecule has 96 valence electrons. The highest BCUT2D eigenvalue weighted by atomic mass is 14.8. The minimum atomic E-state index is 0.444. The number of rotatable bonds is 1. The molecule has 2 nitrogen and oxygen atoms in total. The maximum absolute atomic E-state index is 5.94. The normalized spacial score (nSPS) is 30.8. The SMILES string of the molecule is NC1CCC(=C/C2=C/CCCCCNC2)CC1. The lowest BCUT2D eigenvalue weighted by Gasteiger charge is -2.20. The van der Waals surface area contributed by atoms with Gasteiger partial charge in [0.25, 0.3) is 0 Å². The van der Waals surface area contributed by atoms with Crippen LogP contribution in [0.15, 0.2) is 23.3 Å². The van der Waals surface area contributed by atoms with Crippen LogP contribution >= 0.6 is 0 Å². The summed E-state index contributed by atoms with van der Waals surface area (Å²) in [4.78, 5) is 0. The van der Waals surface area contributed by atoms with E-state index in [1.165, 1.54) is 63.5 Å². The van der Waals surface area contributed by atoms with Crippen LogP contribution in [0.3, 0.4) is 0 Å². The van der Waals surface area contributed by atoms with Crippen molar-refractivity contribution in [1.29, 1.82) is 0 Å². The van der Waals surface area contributed by atoms with Gasteiger partial charge >= 0.3 is 0 Å². The molecule has 0 bridgehead atoms. The second kappa shape index (κ2) is 6.97. The summed E-state index contributed by atoms with van der Waals surface area (Å²) in [5, 5.41) is 3.54. The van der Waals surface area contributed by atoms with Gasteiger partial charge in [0.1, 0.15) is 0 Å². The number of nitrogens with one attached hydrogen (secondary N) is 1. The van der Waals surface area contributed by atoms with Crippen molar-refractivity contribution in [3.63, 3.8) is 0 Å². The van der Waals surface area contributed by atoms with Crippen molar-refractivity contribution >= 4 is 0 Å². The van der Waals surface area contributed by atoms with Gasteiger partial charge in [0.2, 0.25) is 0 Å². The summed E-state index contributed by atoms with van der Waals surface area (Å²) >= 11 is 0. The molecule has 3 N–H and O–H groups in total. The van der Waals surface area contributed by atoms with E-state index in [0.717, 1.165) is 6.54 Å². The van der Waals surface area contributed by atoms with E-state index in [2.05, 4.69) is 17.5 Å². The molecule has 2 rings (SSSR count). The van der Waals surface area contributed by atoms with Crippen LogP contribution in [-0.2, 0) is 0 Å². The zero-order valence-corrected chi connectivity index (χ0v) is 10.9. The molecule has 0 saturated heterocycles. The zero-order chi connectivity index (χ0) is 11.9. The lowest BCUT2D eigenvalue weighted by atomic mass is 9.90. The molecular formula is C15H26N2. The summed E-state index contributed by atoms with van der Waals surface area (Å²) in [5.41, 5.74) is 9.05. The minimum absolute atomic E-state index is 0.444. The Morgan fingerprint density at radius 1 is 1.18 bits per heavy atom. The molecule has 0 aromatic rings. The number of nitrogens with two attached hydrogens (primary N) is 1. The van der Waals surface area contributed by atoms with Crippen LogP contribution in [-0.4, -0.2) is 19.1 Å². The van der Waals surface area contributed by atoms with Crippen LogP contribution in [0.4, 0.5) is 0 Å². The van der Waals surface area contributed by atoms with Crippen molar-refractivity contribution in [3.05, 3.63) is 23.3 Å². The van der Waals surface area contributed by atoms with Crippen LogP contribution < -0.4 is 11.1 Å². The molecule has 0 unspecified atom stereocenters.